The lowest BCUT2D eigenvalue weighted by Gasteiger charge is -2.30. The largest absolute Gasteiger partial charge is 0.381 e. The van der Waals surface area contributed by atoms with Gasteiger partial charge in [0.2, 0.25) is 0 Å². The number of hydrogen-bond donors (Lipinski definition) is 0. The van der Waals surface area contributed by atoms with Crippen molar-refractivity contribution in [1.82, 2.24) is 4.90 Å². The Morgan fingerprint density at radius 1 is 1.45 bits per heavy atom. The predicted octanol–water partition coefficient (Wildman–Crippen LogP) is 1.49. The first-order valence-electron chi connectivity index (χ1n) is 4.18. The molecule has 0 atom stereocenters. The number of nitrogens with zero attached hydrogens (tertiary/aromatic N) is 1. The Labute approximate surface area is 77.0 Å². The minimum Gasteiger partial charge on any atom is -0.381 e. The summed E-state index contributed by atoms with van der Waals surface area (Å²) in [6.45, 7) is 3.03. The Morgan fingerprint density at radius 3 is 2.64 bits per heavy atom. The molecule has 0 N–H and O–H groups in total. The SMILES string of the molecule is CN(CCBr)C1CCOCC1. The van der Waals surface area contributed by atoms with Crippen LogP contribution in [0.3, 0.4) is 0 Å². The van der Waals surface area contributed by atoms with Crippen molar-refractivity contribution >= 4 is 15.9 Å². The molecule has 0 unspecified atom stereocenters. The molecule has 0 aromatic heterocycles. The van der Waals surface area contributed by atoms with Gasteiger partial charge in [0.1, 0.15) is 0 Å². The standard InChI is InChI=1S/C8H16BrNO/c1-10(5-4-9)8-2-6-11-7-3-8/h8H,2-7H2,1H3. The number of rotatable bonds is 3. The van der Waals surface area contributed by atoms with Crippen molar-refractivity contribution in [3.8, 4) is 0 Å². The van der Waals surface area contributed by atoms with E-state index < -0.39 is 0 Å². The van der Waals surface area contributed by atoms with E-state index in [-0.39, 0.29) is 0 Å². The highest BCUT2D eigenvalue weighted by atomic mass is 79.9. The maximum Gasteiger partial charge on any atom is 0.0480 e. The highest BCUT2D eigenvalue weighted by Gasteiger charge is 2.17. The van der Waals surface area contributed by atoms with Gasteiger partial charge >= 0.3 is 0 Å². The molecular weight excluding hydrogens is 206 g/mol. The van der Waals surface area contributed by atoms with Gasteiger partial charge < -0.3 is 9.64 Å². The van der Waals surface area contributed by atoms with Gasteiger partial charge in [-0.25, -0.2) is 0 Å². The first kappa shape index (κ1) is 9.49. The molecule has 66 valence electrons. The Balaban J connectivity index is 2.21. The molecule has 0 spiro atoms. The smallest absolute Gasteiger partial charge is 0.0480 e. The third-order valence-corrected chi connectivity index (χ3v) is 2.61. The van der Waals surface area contributed by atoms with E-state index >= 15 is 0 Å². The molecule has 3 heteroatoms. The number of alkyl halides is 1. The monoisotopic (exact) mass is 221 g/mol. The average molecular weight is 222 g/mol. The van der Waals surface area contributed by atoms with Crippen LogP contribution in [0.15, 0.2) is 0 Å². The second kappa shape index (κ2) is 5.12. The average Bonchev–Trinajstić information content (AvgIpc) is 2.07. The van der Waals surface area contributed by atoms with Crippen molar-refractivity contribution in [3.63, 3.8) is 0 Å². The zero-order chi connectivity index (χ0) is 8.10. The van der Waals surface area contributed by atoms with E-state index in [9.17, 15) is 0 Å². The van der Waals surface area contributed by atoms with Crippen molar-refractivity contribution in [1.29, 1.82) is 0 Å². The molecule has 1 aliphatic rings. The first-order chi connectivity index (χ1) is 5.34. The molecule has 11 heavy (non-hydrogen) atoms. The fourth-order valence-electron chi connectivity index (χ4n) is 1.44. The minimum absolute atomic E-state index is 0.751. The van der Waals surface area contributed by atoms with Gasteiger partial charge in [-0.1, -0.05) is 15.9 Å². The normalized spacial score (nSPS) is 21.0. The lowest BCUT2D eigenvalue weighted by atomic mass is 10.1. The van der Waals surface area contributed by atoms with Gasteiger partial charge in [-0.3, -0.25) is 0 Å². The highest BCUT2D eigenvalue weighted by molar-refractivity contribution is 9.09. The number of halogens is 1. The van der Waals surface area contributed by atoms with E-state index in [0.29, 0.717) is 0 Å². The molecule has 1 aliphatic heterocycles. The van der Waals surface area contributed by atoms with Crippen LogP contribution in [0.25, 0.3) is 0 Å². The van der Waals surface area contributed by atoms with Gasteiger partial charge in [-0.15, -0.1) is 0 Å². The van der Waals surface area contributed by atoms with Crippen LogP contribution in [0.5, 0.6) is 0 Å². The number of ether oxygens (including phenoxy) is 1. The molecule has 1 heterocycles. The highest BCUT2D eigenvalue weighted by Crippen LogP contribution is 2.12. The third-order valence-electron chi connectivity index (χ3n) is 2.25. The summed E-state index contributed by atoms with van der Waals surface area (Å²) in [5.74, 6) is 0. The Kier molecular flexibility index (Phi) is 4.41. The topological polar surface area (TPSA) is 12.5 Å². The molecule has 1 fully saturated rings. The first-order valence-corrected chi connectivity index (χ1v) is 5.30. The second-order valence-electron chi connectivity index (χ2n) is 3.01. The van der Waals surface area contributed by atoms with Crippen molar-refractivity contribution < 1.29 is 4.74 Å². The van der Waals surface area contributed by atoms with Crippen molar-refractivity contribution in [2.45, 2.75) is 18.9 Å². The third kappa shape index (κ3) is 3.09. The minimum atomic E-state index is 0.751. The van der Waals surface area contributed by atoms with Crippen LogP contribution in [0, 0.1) is 0 Å². The molecule has 0 aliphatic carbocycles. The van der Waals surface area contributed by atoms with Crippen molar-refractivity contribution in [2.75, 3.05) is 32.1 Å². The van der Waals surface area contributed by atoms with Gasteiger partial charge in [-0.05, 0) is 19.9 Å². The van der Waals surface area contributed by atoms with Gasteiger partial charge in [0.15, 0.2) is 0 Å². The van der Waals surface area contributed by atoms with Crippen LogP contribution in [0.1, 0.15) is 12.8 Å². The van der Waals surface area contributed by atoms with Gasteiger partial charge in [0.05, 0.1) is 0 Å². The van der Waals surface area contributed by atoms with E-state index in [1.165, 1.54) is 12.8 Å². The van der Waals surface area contributed by atoms with Gasteiger partial charge in [-0.2, -0.15) is 0 Å². The molecule has 0 amide bonds. The van der Waals surface area contributed by atoms with Crippen LogP contribution >= 0.6 is 15.9 Å². The second-order valence-corrected chi connectivity index (χ2v) is 3.81. The Hall–Kier alpha value is 0.400. The molecular formula is C8H16BrNO. The summed E-state index contributed by atoms with van der Waals surface area (Å²) in [5.41, 5.74) is 0. The van der Waals surface area contributed by atoms with E-state index in [0.717, 1.165) is 31.1 Å². The van der Waals surface area contributed by atoms with Gasteiger partial charge in [0.25, 0.3) is 0 Å². The van der Waals surface area contributed by atoms with E-state index in [2.05, 4.69) is 27.9 Å². The summed E-state index contributed by atoms with van der Waals surface area (Å²) >= 11 is 3.44. The van der Waals surface area contributed by atoms with E-state index in [1.54, 1.807) is 0 Å². The molecule has 0 bridgehead atoms. The lowest BCUT2D eigenvalue weighted by molar-refractivity contribution is 0.0451. The zero-order valence-electron chi connectivity index (χ0n) is 7.05. The fraction of sp³-hybridized carbons (Fsp3) is 1.00. The van der Waals surface area contributed by atoms with Crippen LogP contribution in [-0.4, -0.2) is 43.1 Å². The molecule has 2 nitrogen and oxygen atoms in total. The summed E-state index contributed by atoms with van der Waals surface area (Å²) in [4.78, 5) is 2.41. The van der Waals surface area contributed by atoms with Crippen LogP contribution < -0.4 is 0 Å². The predicted molar refractivity (Wildman–Crippen MR) is 50.3 cm³/mol. The van der Waals surface area contributed by atoms with Gasteiger partial charge in [0, 0.05) is 31.1 Å². The maximum absolute atomic E-state index is 5.29. The fourth-order valence-corrected chi connectivity index (χ4v) is 2.00. The molecule has 1 rings (SSSR count). The van der Waals surface area contributed by atoms with Crippen LogP contribution in [0.4, 0.5) is 0 Å². The molecule has 1 saturated heterocycles. The maximum atomic E-state index is 5.29. The molecule has 0 saturated carbocycles. The zero-order valence-corrected chi connectivity index (χ0v) is 8.64. The molecule has 0 radical (unpaired) electrons. The molecule has 0 aromatic rings. The van der Waals surface area contributed by atoms with Crippen molar-refractivity contribution in [3.05, 3.63) is 0 Å². The van der Waals surface area contributed by atoms with Crippen LogP contribution in [0.2, 0.25) is 0 Å². The summed E-state index contributed by atoms with van der Waals surface area (Å²) in [7, 11) is 2.19. The summed E-state index contributed by atoms with van der Waals surface area (Å²) in [6, 6.07) is 0.751. The van der Waals surface area contributed by atoms with Crippen molar-refractivity contribution in [2.24, 2.45) is 0 Å². The Bertz CT molecular complexity index is 104. The summed E-state index contributed by atoms with van der Waals surface area (Å²) in [6.07, 6.45) is 2.40. The lowest BCUT2D eigenvalue weighted by Crippen LogP contribution is -2.37. The van der Waals surface area contributed by atoms with Crippen LogP contribution in [-0.2, 0) is 4.74 Å². The number of hydrogen-bond acceptors (Lipinski definition) is 2. The molecule has 0 aromatic carbocycles. The Morgan fingerprint density at radius 2 is 2.09 bits per heavy atom. The van der Waals surface area contributed by atoms with E-state index in [1.807, 2.05) is 0 Å². The van der Waals surface area contributed by atoms with E-state index in [4.69, 9.17) is 4.74 Å². The summed E-state index contributed by atoms with van der Waals surface area (Å²) < 4.78 is 5.29. The quantitative estimate of drug-likeness (QED) is 0.671. The summed E-state index contributed by atoms with van der Waals surface area (Å²) in [5, 5.41) is 1.07.